The molecule has 2 atom stereocenters. The number of nitrogens with two attached hydrogens (primary N) is 1. The minimum absolute atomic E-state index is 0.433. The van der Waals surface area contributed by atoms with E-state index in [0.29, 0.717) is 11.3 Å². The van der Waals surface area contributed by atoms with Crippen LogP contribution in [0.2, 0.25) is 0 Å². The Hall–Kier alpha value is -3.88. The number of primary amides is 1. The van der Waals surface area contributed by atoms with Crippen LogP contribution in [0.3, 0.4) is 0 Å². The zero-order chi connectivity index (χ0) is 27.9. The average molecular weight is 511 g/mol. The Kier molecular flexibility index (Phi) is 9.82. The quantitative estimate of drug-likeness (QED) is 0.469. The number of benzene rings is 2. The molecule has 0 heterocycles. The van der Waals surface area contributed by atoms with Crippen LogP contribution in [0.15, 0.2) is 48.5 Å². The number of carbonyl (C=O) groups excluding carboxylic acids is 4. The third kappa shape index (κ3) is 8.63. The van der Waals surface area contributed by atoms with E-state index in [1.54, 1.807) is 46.8 Å². The van der Waals surface area contributed by atoms with Crippen LogP contribution < -0.4 is 16.4 Å². The molecule has 2 aromatic carbocycles. The number of nitrogens with one attached hydrogen (secondary N) is 2. The van der Waals surface area contributed by atoms with E-state index in [4.69, 9.17) is 10.5 Å². The average Bonchev–Trinajstić information content (AvgIpc) is 2.76. The predicted molar refractivity (Wildman–Crippen MR) is 143 cm³/mol. The van der Waals surface area contributed by atoms with Gasteiger partial charge in [0.05, 0.1) is 6.42 Å². The number of anilines is 1. The predicted octanol–water partition coefficient (Wildman–Crippen LogP) is 3.99. The number of amides is 4. The topological polar surface area (TPSA) is 131 Å². The molecule has 9 nitrogen and oxygen atoms in total. The van der Waals surface area contributed by atoms with Crippen LogP contribution in [0.1, 0.15) is 63.8 Å². The second-order valence-corrected chi connectivity index (χ2v) is 10.3. The maximum absolute atomic E-state index is 13.9. The number of hydrogen-bond acceptors (Lipinski definition) is 5. The second-order valence-electron chi connectivity index (χ2n) is 10.3. The maximum Gasteiger partial charge on any atom is 0.408 e. The standard InChI is InChI=1S/C28H38N4O5/c1-17(2)32(26(35)22(16-23(29)33)31-27(36)37-28(5,6)7)24(20-13-10-11-18(3)15-20)25(34)30-21-14-9-8-12-19(21)4/h8-15,17,22,24H,16H2,1-7H3,(H2,29,33)(H,30,34)(H,31,36). The zero-order valence-corrected chi connectivity index (χ0v) is 22.6. The minimum Gasteiger partial charge on any atom is -0.444 e. The van der Waals surface area contributed by atoms with Crippen LogP contribution in [0.4, 0.5) is 10.5 Å². The highest BCUT2D eigenvalue weighted by atomic mass is 16.6. The first-order valence-electron chi connectivity index (χ1n) is 12.2. The molecule has 0 aromatic heterocycles. The van der Waals surface area contributed by atoms with E-state index in [2.05, 4.69) is 10.6 Å². The summed E-state index contributed by atoms with van der Waals surface area (Å²) in [5.41, 5.74) is 7.56. The summed E-state index contributed by atoms with van der Waals surface area (Å²) in [6.45, 7) is 12.3. The lowest BCUT2D eigenvalue weighted by molar-refractivity contribution is -0.143. The summed E-state index contributed by atoms with van der Waals surface area (Å²) in [5.74, 6) is -1.85. The molecule has 0 fully saturated rings. The largest absolute Gasteiger partial charge is 0.444 e. The van der Waals surface area contributed by atoms with E-state index < -0.39 is 54.0 Å². The molecule has 4 amide bonds. The molecule has 2 unspecified atom stereocenters. The third-order valence-electron chi connectivity index (χ3n) is 5.49. The summed E-state index contributed by atoms with van der Waals surface area (Å²) in [7, 11) is 0. The summed E-state index contributed by atoms with van der Waals surface area (Å²) >= 11 is 0. The number of nitrogens with zero attached hydrogens (tertiary/aromatic N) is 1. The Morgan fingerprint density at radius 1 is 1.00 bits per heavy atom. The Labute approximate surface area is 218 Å². The lowest BCUT2D eigenvalue weighted by Gasteiger charge is -2.37. The van der Waals surface area contributed by atoms with E-state index in [0.717, 1.165) is 11.1 Å². The Morgan fingerprint density at radius 2 is 1.65 bits per heavy atom. The van der Waals surface area contributed by atoms with Crippen molar-refractivity contribution in [1.29, 1.82) is 0 Å². The van der Waals surface area contributed by atoms with Crippen molar-refractivity contribution in [2.45, 2.75) is 78.6 Å². The number of ether oxygens (including phenoxy) is 1. The van der Waals surface area contributed by atoms with E-state index >= 15 is 0 Å². The van der Waals surface area contributed by atoms with Gasteiger partial charge < -0.3 is 26.0 Å². The highest BCUT2D eigenvalue weighted by molar-refractivity contribution is 6.00. The van der Waals surface area contributed by atoms with Gasteiger partial charge in [-0.3, -0.25) is 14.4 Å². The smallest absolute Gasteiger partial charge is 0.408 e. The molecule has 0 aliphatic carbocycles. The summed E-state index contributed by atoms with van der Waals surface area (Å²) in [6, 6.07) is 11.8. The molecule has 0 saturated heterocycles. The van der Waals surface area contributed by atoms with Crippen molar-refractivity contribution in [1.82, 2.24) is 10.2 Å². The van der Waals surface area contributed by atoms with Gasteiger partial charge in [0.2, 0.25) is 11.8 Å². The molecule has 2 rings (SSSR count). The molecule has 0 saturated carbocycles. The molecule has 0 aliphatic rings. The molecule has 0 aliphatic heterocycles. The maximum atomic E-state index is 13.9. The summed E-state index contributed by atoms with van der Waals surface area (Å²) in [5, 5.41) is 5.40. The van der Waals surface area contributed by atoms with Gasteiger partial charge in [-0.1, -0.05) is 48.0 Å². The highest BCUT2D eigenvalue weighted by Gasteiger charge is 2.38. The molecule has 0 spiro atoms. The van der Waals surface area contributed by atoms with E-state index in [9.17, 15) is 19.2 Å². The molecule has 37 heavy (non-hydrogen) atoms. The first-order chi connectivity index (χ1) is 17.2. The van der Waals surface area contributed by atoms with Crippen molar-refractivity contribution < 1.29 is 23.9 Å². The van der Waals surface area contributed by atoms with Crippen LogP contribution in [-0.4, -0.2) is 46.4 Å². The highest BCUT2D eigenvalue weighted by Crippen LogP contribution is 2.28. The normalized spacial score (nSPS) is 12.9. The van der Waals surface area contributed by atoms with Crippen molar-refractivity contribution in [2.75, 3.05) is 5.32 Å². The molecule has 200 valence electrons. The molecular formula is C28H38N4O5. The van der Waals surface area contributed by atoms with Crippen LogP contribution >= 0.6 is 0 Å². The van der Waals surface area contributed by atoms with Crippen LogP contribution in [0, 0.1) is 13.8 Å². The van der Waals surface area contributed by atoms with Crippen LogP contribution in [0.5, 0.6) is 0 Å². The van der Waals surface area contributed by atoms with Crippen molar-refractivity contribution in [3.63, 3.8) is 0 Å². The third-order valence-corrected chi connectivity index (χ3v) is 5.49. The minimum atomic E-state index is -1.33. The Balaban J connectivity index is 2.53. The number of para-hydroxylation sites is 1. The number of rotatable bonds is 9. The fraction of sp³-hybridized carbons (Fsp3) is 0.429. The first kappa shape index (κ1) is 29.4. The lowest BCUT2D eigenvalue weighted by Crippen LogP contribution is -2.55. The van der Waals surface area contributed by atoms with Gasteiger partial charge >= 0.3 is 6.09 Å². The van der Waals surface area contributed by atoms with Crippen LogP contribution in [0.25, 0.3) is 0 Å². The van der Waals surface area contributed by atoms with Crippen LogP contribution in [-0.2, 0) is 19.1 Å². The molecular weight excluding hydrogens is 472 g/mol. The fourth-order valence-electron chi connectivity index (χ4n) is 3.90. The van der Waals surface area contributed by atoms with Gasteiger partial charge in [0.25, 0.3) is 5.91 Å². The first-order valence-corrected chi connectivity index (χ1v) is 12.2. The van der Waals surface area contributed by atoms with Gasteiger partial charge in [0, 0.05) is 11.7 Å². The van der Waals surface area contributed by atoms with Crippen molar-refractivity contribution in [3.05, 3.63) is 65.2 Å². The number of hydrogen-bond donors (Lipinski definition) is 3. The zero-order valence-electron chi connectivity index (χ0n) is 22.6. The Bertz CT molecular complexity index is 1140. The van der Waals surface area contributed by atoms with Gasteiger partial charge in [-0.15, -0.1) is 0 Å². The van der Waals surface area contributed by atoms with Crippen molar-refractivity contribution >= 4 is 29.5 Å². The van der Waals surface area contributed by atoms with E-state index in [-0.39, 0.29) is 0 Å². The number of aryl methyl sites for hydroxylation is 2. The number of alkyl carbamates (subject to hydrolysis) is 1. The van der Waals surface area contributed by atoms with Crippen molar-refractivity contribution in [2.24, 2.45) is 5.73 Å². The van der Waals surface area contributed by atoms with Gasteiger partial charge in [-0.2, -0.15) is 0 Å². The summed E-state index contributed by atoms with van der Waals surface area (Å²) in [6.07, 6.45) is -1.33. The van der Waals surface area contributed by atoms with E-state index in [1.165, 1.54) is 4.90 Å². The van der Waals surface area contributed by atoms with Gasteiger partial charge in [0.15, 0.2) is 0 Å². The van der Waals surface area contributed by atoms with E-state index in [1.807, 2.05) is 50.2 Å². The lowest BCUT2D eigenvalue weighted by atomic mass is 9.98. The van der Waals surface area contributed by atoms with Gasteiger partial charge in [-0.25, -0.2) is 4.79 Å². The molecule has 0 radical (unpaired) electrons. The molecule has 4 N–H and O–H groups in total. The van der Waals surface area contributed by atoms with Gasteiger partial charge in [-0.05, 0) is 65.7 Å². The summed E-state index contributed by atoms with van der Waals surface area (Å²) in [4.78, 5) is 53.4. The molecule has 2 aromatic rings. The molecule has 0 bridgehead atoms. The fourth-order valence-corrected chi connectivity index (χ4v) is 3.90. The Morgan fingerprint density at radius 3 is 2.19 bits per heavy atom. The van der Waals surface area contributed by atoms with Gasteiger partial charge in [0.1, 0.15) is 17.7 Å². The van der Waals surface area contributed by atoms with Crippen molar-refractivity contribution in [3.8, 4) is 0 Å². The second kappa shape index (κ2) is 12.4. The summed E-state index contributed by atoms with van der Waals surface area (Å²) < 4.78 is 5.29. The molecule has 9 heteroatoms. The number of carbonyl (C=O) groups is 4. The SMILES string of the molecule is Cc1cccc(C(C(=O)Nc2ccccc2C)N(C(=O)C(CC(N)=O)NC(=O)OC(C)(C)C)C(C)C)c1. The monoisotopic (exact) mass is 510 g/mol.